The molecule has 2 atom stereocenters. The van der Waals surface area contributed by atoms with Crippen molar-refractivity contribution in [2.45, 2.75) is 51.0 Å². The second-order valence-electron chi connectivity index (χ2n) is 9.25. The minimum absolute atomic E-state index is 0.0421. The number of nitrogens with zero attached hydrogens (tertiary/aromatic N) is 4. The summed E-state index contributed by atoms with van der Waals surface area (Å²) in [5.41, 5.74) is 3.34. The van der Waals surface area contributed by atoms with Crippen molar-refractivity contribution in [3.05, 3.63) is 39.3 Å². The van der Waals surface area contributed by atoms with Gasteiger partial charge in [0.1, 0.15) is 11.4 Å². The lowest BCUT2D eigenvalue weighted by Crippen LogP contribution is -2.68. The summed E-state index contributed by atoms with van der Waals surface area (Å²) in [7, 11) is -4.97. The van der Waals surface area contributed by atoms with Crippen LogP contribution in [-0.2, 0) is 29.1 Å². The van der Waals surface area contributed by atoms with Crippen molar-refractivity contribution in [1.29, 1.82) is 0 Å². The maximum absolute atomic E-state index is 13.4. The highest BCUT2D eigenvalue weighted by Gasteiger charge is 2.57. The van der Waals surface area contributed by atoms with Gasteiger partial charge in [-0.2, -0.15) is 30.0 Å². The number of β-lactam (4-membered cyclic amide) rings is 1. The Morgan fingerprint density at radius 2 is 2.03 bits per heavy atom. The quantitative estimate of drug-likeness (QED) is 0.0883. The number of aromatic nitrogens is 2. The number of nitrogens with two attached hydrogens (primary N) is 1. The molecule has 3 heterocycles. The highest BCUT2D eigenvalue weighted by Crippen LogP contribution is 2.40. The van der Waals surface area contributed by atoms with Crippen LogP contribution in [0.2, 0.25) is 0 Å². The van der Waals surface area contributed by atoms with E-state index < -0.39 is 57.2 Å². The first-order chi connectivity index (χ1) is 18.0. The average molecular weight is 606 g/mol. The Bertz CT molecular complexity index is 1450. The highest BCUT2D eigenvalue weighted by molar-refractivity contribution is 7.99. The number of thioether (sulfide) groups is 1. The number of carbonyl (C=O) groups excluding carboxylic acids is 2. The zero-order valence-electron chi connectivity index (χ0n) is 21.2. The average Bonchev–Trinajstić information content (AvgIpc) is 3.25. The third-order valence-electron chi connectivity index (χ3n) is 5.68. The van der Waals surface area contributed by atoms with Crippen LogP contribution in [0.1, 0.15) is 51.6 Å². The van der Waals surface area contributed by atoms with Crippen molar-refractivity contribution in [3.8, 4) is 5.75 Å². The Morgan fingerprint density at radius 3 is 2.56 bits per heavy atom. The Kier molecular flexibility index (Phi) is 8.95. The Morgan fingerprint density at radius 1 is 1.36 bits per heavy atom. The summed E-state index contributed by atoms with van der Waals surface area (Å²) in [5, 5.41) is 26.0. The van der Waals surface area contributed by atoms with Crippen molar-refractivity contribution >= 4 is 56.0 Å². The number of ketones is 1. The van der Waals surface area contributed by atoms with Gasteiger partial charge in [0.05, 0.1) is 17.7 Å². The molecule has 214 valence electrons. The minimum atomic E-state index is -4.97. The van der Waals surface area contributed by atoms with E-state index in [4.69, 9.17) is 15.1 Å². The van der Waals surface area contributed by atoms with Gasteiger partial charge in [0.25, 0.3) is 5.91 Å². The summed E-state index contributed by atoms with van der Waals surface area (Å²) in [6, 6.07) is 0.970. The van der Waals surface area contributed by atoms with E-state index >= 15 is 0 Å². The monoisotopic (exact) mass is 605 g/mol. The van der Waals surface area contributed by atoms with Gasteiger partial charge in [-0.1, -0.05) is 19.0 Å². The van der Waals surface area contributed by atoms with Crippen LogP contribution in [0.25, 0.3) is 0 Å². The lowest BCUT2D eigenvalue weighted by Gasteiger charge is -2.50. The van der Waals surface area contributed by atoms with Gasteiger partial charge in [0, 0.05) is 23.6 Å². The van der Waals surface area contributed by atoms with Crippen molar-refractivity contribution < 1.29 is 42.0 Å². The topological polar surface area (TPSA) is 224 Å². The van der Waals surface area contributed by atoms with Gasteiger partial charge >= 0.3 is 10.4 Å². The second kappa shape index (κ2) is 11.5. The lowest BCUT2D eigenvalue weighted by atomic mass is 9.74. The number of nitrogen functional groups attached to an aromatic ring is 1. The molecule has 1 aliphatic rings. The molecule has 15 nitrogen and oxygen atoms in total. The van der Waals surface area contributed by atoms with E-state index in [0.717, 1.165) is 23.6 Å². The predicted octanol–water partition coefficient (Wildman–Crippen LogP) is 1.36. The molecule has 1 fully saturated rings. The molecule has 1 unspecified atom stereocenters. The van der Waals surface area contributed by atoms with Gasteiger partial charge in [0.15, 0.2) is 28.5 Å². The molecule has 5 N–H and O–H groups in total. The fraction of sp³-hybridized carbons (Fsp3) is 0.476. The minimum Gasteiger partial charge on any atom is -0.503 e. The highest BCUT2D eigenvalue weighted by atomic mass is 32.3. The molecule has 0 bridgehead atoms. The van der Waals surface area contributed by atoms with Crippen LogP contribution in [0.5, 0.6) is 5.75 Å². The zero-order chi connectivity index (χ0) is 29.3. The van der Waals surface area contributed by atoms with Gasteiger partial charge in [-0.25, -0.2) is 4.98 Å². The van der Waals surface area contributed by atoms with Gasteiger partial charge < -0.3 is 20.9 Å². The standard InChI is InChI=1S/C21H27N5O10S3/c1-10(2)37-9-17(13-6-14(27)16(29)7-25(13)31)35-24-18(12-8-38-20(22)23-12)15(28)5-11-19(30)26(21(11,3)4)36-39(32,33)34/h6-8,10-11,17,29,31H,5,9H2,1-4H3,(H2,22,23)(H,32,33,34)/b24-18-/t11-,17?/m1/s1. The molecule has 0 aromatic carbocycles. The molecule has 39 heavy (non-hydrogen) atoms. The van der Waals surface area contributed by atoms with E-state index in [0.29, 0.717) is 9.79 Å². The molecule has 0 aliphatic carbocycles. The van der Waals surface area contributed by atoms with Gasteiger partial charge in [-0.15, -0.1) is 15.6 Å². The largest absolute Gasteiger partial charge is 0.503 e. The number of carbonyl (C=O) groups is 2. The Balaban J connectivity index is 1.93. The third-order valence-corrected chi connectivity index (χ3v) is 7.86. The predicted molar refractivity (Wildman–Crippen MR) is 141 cm³/mol. The maximum atomic E-state index is 13.4. The molecular weight excluding hydrogens is 578 g/mol. The maximum Gasteiger partial charge on any atom is 0.418 e. The lowest BCUT2D eigenvalue weighted by molar-refractivity contribution is -0.228. The Labute approximate surface area is 231 Å². The summed E-state index contributed by atoms with van der Waals surface area (Å²) < 4.78 is 35.9. The van der Waals surface area contributed by atoms with Crippen molar-refractivity contribution in [2.75, 3.05) is 11.5 Å². The van der Waals surface area contributed by atoms with Gasteiger partial charge in [-0.3, -0.25) is 18.9 Å². The van der Waals surface area contributed by atoms with Crippen LogP contribution in [-0.4, -0.2) is 72.0 Å². The van der Waals surface area contributed by atoms with E-state index in [9.17, 15) is 33.1 Å². The number of hydrogen-bond donors (Lipinski definition) is 4. The number of pyridine rings is 1. The summed E-state index contributed by atoms with van der Waals surface area (Å²) >= 11 is 2.42. The van der Waals surface area contributed by atoms with E-state index in [1.165, 1.54) is 31.0 Å². The van der Waals surface area contributed by atoms with Crippen molar-refractivity contribution in [1.82, 2.24) is 14.8 Å². The molecule has 2 aromatic rings. The van der Waals surface area contributed by atoms with Crippen LogP contribution in [0, 0.1) is 5.92 Å². The molecule has 3 rings (SSSR count). The van der Waals surface area contributed by atoms with Crippen LogP contribution in [0.15, 0.2) is 27.6 Å². The zero-order valence-corrected chi connectivity index (χ0v) is 23.6. The first-order valence-corrected chi connectivity index (χ1v) is 14.6. The van der Waals surface area contributed by atoms with Crippen LogP contribution < -0.4 is 11.2 Å². The summed E-state index contributed by atoms with van der Waals surface area (Å²) in [5.74, 6) is -3.11. The number of anilines is 1. The first kappa shape index (κ1) is 30.4. The van der Waals surface area contributed by atoms with Crippen molar-refractivity contribution in [3.63, 3.8) is 0 Å². The first-order valence-electron chi connectivity index (χ1n) is 11.3. The third kappa shape index (κ3) is 7.07. The molecule has 1 amide bonds. The molecule has 1 saturated heterocycles. The number of Topliss-reactive ketones (excluding diaryl/α,β-unsaturated/α-hetero) is 1. The van der Waals surface area contributed by atoms with Crippen molar-refractivity contribution in [2.24, 2.45) is 11.1 Å². The smallest absolute Gasteiger partial charge is 0.418 e. The molecular formula is C21H27N5O10S3. The molecule has 0 saturated carbocycles. The summed E-state index contributed by atoms with van der Waals surface area (Å²) in [6.07, 6.45) is -0.711. The van der Waals surface area contributed by atoms with Gasteiger partial charge in [0.2, 0.25) is 5.43 Å². The fourth-order valence-electron chi connectivity index (χ4n) is 3.62. The van der Waals surface area contributed by atoms with Crippen LogP contribution in [0.4, 0.5) is 5.13 Å². The Hall–Kier alpha value is -3.19. The normalized spacial score (nSPS) is 18.2. The molecule has 0 radical (unpaired) electrons. The second-order valence-corrected chi connectivity index (χ2v) is 12.8. The fourth-order valence-corrected chi connectivity index (χ4v) is 5.41. The molecule has 0 spiro atoms. The van der Waals surface area contributed by atoms with Crippen LogP contribution >= 0.6 is 23.1 Å². The van der Waals surface area contributed by atoms with E-state index in [1.54, 1.807) is 0 Å². The van der Waals surface area contributed by atoms with Gasteiger partial charge in [-0.05, 0) is 19.1 Å². The molecule has 2 aromatic heterocycles. The van der Waals surface area contributed by atoms with E-state index in [2.05, 4.69) is 14.4 Å². The van der Waals surface area contributed by atoms with E-state index in [-0.39, 0.29) is 33.2 Å². The summed E-state index contributed by atoms with van der Waals surface area (Å²) in [4.78, 5) is 47.6. The summed E-state index contributed by atoms with van der Waals surface area (Å²) in [6.45, 7) is 6.70. The number of hydroxylamine groups is 2. The SMILES string of the molecule is CC(C)SCC(O/N=C(\C(=O)C[C@@H]1C(=O)N(OS(=O)(=O)O)C1(C)C)c1csc(N)n1)c1cc(=O)c(O)cn1O. The molecule has 18 heteroatoms. The number of thiazole rings is 1. The van der Waals surface area contributed by atoms with E-state index in [1.807, 2.05) is 13.8 Å². The number of oxime groups is 1. The number of hydrogen-bond acceptors (Lipinski definition) is 14. The number of aromatic hydroxyl groups is 1. The van der Waals surface area contributed by atoms with Crippen LogP contribution in [0.3, 0.4) is 0 Å². The number of rotatable bonds is 12. The number of amides is 1. The molecule has 1 aliphatic heterocycles.